The number of anilines is 1. The molecule has 2 aromatic heterocycles. The van der Waals surface area contributed by atoms with E-state index in [1.54, 1.807) is 0 Å². The lowest BCUT2D eigenvalue weighted by Gasteiger charge is -2.33. The first-order chi connectivity index (χ1) is 15.5. The average molecular weight is 432 g/mol. The number of carbonyl (C=O) groups is 2. The van der Waals surface area contributed by atoms with Crippen LogP contribution in [-0.4, -0.2) is 43.9 Å². The van der Waals surface area contributed by atoms with Gasteiger partial charge in [-0.2, -0.15) is 5.10 Å². The lowest BCUT2D eigenvalue weighted by atomic mass is 10.0. The SMILES string of the molecule is CCc1cc(C(=O)N2CCCCC2C)nc2cc(-c3ccc(NC(=O)C4CC4)cc3)nn12. The Bertz CT molecular complexity index is 1160. The van der Waals surface area contributed by atoms with E-state index >= 15 is 0 Å². The second-order valence-electron chi connectivity index (χ2n) is 8.97. The molecule has 2 amide bonds. The number of hydrogen-bond donors (Lipinski definition) is 1. The number of fused-ring (bicyclic) bond motifs is 1. The fourth-order valence-electron chi connectivity index (χ4n) is 4.40. The molecule has 3 heterocycles. The zero-order chi connectivity index (χ0) is 22.2. The van der Waals surface area contributed by atoms with Gasteiger partial charge in [0.2, 0.25) is 5.91 Å². The highest BCUT2D eigenvalue weighted by Gasteiger charge is 2.29. The predicted molar refractivity (Wildman–Crippen MR) is 124 cm³/mol. The van der Waals surface area contributed by atoms with E-state index in [4.69, 9.17) is 5.10 Å². The van der Waals surface area contributed by atoms with Crippen molar-refractivity contribution >= 4 is 23.1 Å². The van der Waals surface area contributed by atoms with E-state index < -0.39 is 0 Å². The zero-order valence-electron chi connectivity index (χ0n) is 18.7. The van der Waals surface area contributed by atoms with Crippen molar-refractivity contribution in [1.82, 2.24) is 19.5 Å². The molecule has 1 aliphatic heterocycles. The fraction of sp³-hybridized carbons (Fsp3) is 0.440. The number of amides is 2. The second kappa shape index (κ2) is 8.37. The molecule has 166 valence electrons. The number of likely N-dealkylation sites (tertiary alicyclic amines) is 1. The van der Waals surface area contributed by atoms with Gasteiger partial charge in [0, 0.05) is 41.5 Å². The fourth-order valence-corrected chi connectivity index (χ4v) is 4.40. The number of aryl methyl sites for hydroxylation is 1. The molecule has 32 heavy (non-hydrogen) atoms. The Balaban J connectivity index is 1.43. The lowest BCUT2D eigenvalue weighted by molar-refractivity contribution is -0.117. The topological polar surface area (TPSA) is 79.6 Å². The maximum absolute atomic E-state index is 13.2. The van der Waals surface area contributed by atoms with Gasteiger partial charge in [-0.15, -0.1) is 0 Å². The van der Waals surface area contributed by atoms with E-state index in [0.717, 1.165) is 61.3 Å². The van der Waals surface area contributed by atoms with E-state index in [2.05, 4.69) is 24.1 Å². The molecular formula is C25H29N5O2. The summed E-state index contributed by atoms with van der Waals surface area (Å²) >= 11 is 0. The molecule has 7 nitrogen and oxygen atoms in total. The normalized spacial score (nSPS) is 18.7. The van der Waals surface area contributed by atoms with Gasteiger partial charge in [0.15, 0.2) is 5.65 Å². The van der Waals surface area contributed by atoms with Gasteiger partial charge in [-0.05, 0) is 63.6 Å². The van der Waals surface area contributed by atoms with Crippen molar-refractivity contribution in [2.24, 2.45) is 5.92 Å². The summed E-state index contributed by atoms with van der Waals surface area (Å²) in [6, 6.07) is 11.8. The van der Waals surface area contributed by atoms with Gasteiger partial charge in [0.25, 0.3) is 5.91 Å². The van der Waals surface area contributed by atoms with Crippen molar-refractivity contribution in [3.8, 4) is 11.3 Å². The minimum absolute atomic E-state index is 0.00732. The van der Waals surface area contributed by atoms with Crippen molar-refractivity contribution in [3.05, 3.63) is 47.8 Å². The largest absolute Gasteiger partial charge is 0.335 e. The summed E-state index contributed by atoms with van der Waals surface area (Å²) in [6.07, 6.45) is 5.99. The van der Waals surface area contributed by atoms with Crippen LogP contribution in [0, 0.1) is 5.92 Å². The lowest BCUT2D eigenvalue weighted by Crippen LogP contribution is -2.42. The molecule has 1 saturated heterocycles. The zero-order valence-corrected chi connectivity index (χ0v) is 18.7. The minimum Gasteiger partial charge on any atom is -0.335 e. The van der Waals surface area contributed by atoms with Crippen molar-refractivity contribution in [2.75, 3.05) is 11.9 Å². The molecule has 3 aromatic rings. The summed E-state index contributed by atoms with van der Waals surface area (Å²) in [5.41, 5.74) is 4.67. The van der Waals surface area contributed by atoms with Crippen molar-refractivity contribution in [2.45, 2.75) is 58.4 Å². The molecule has 7 heteroatoms. The van der Waals surface area contributed by atoms with Crippen LogP contribution in [0.4, 0.5) is 5.69 Å². The van der Waals surface area contributed by atoms with Gasteiger partial charge in [0.05, 0.1) is 5.69 Å². The number of piperidine rings is 1. The van der Waals surface area contributed by atoms with Crippen molar-refractivity contribution in [3.63, 3.8) is 0 Å². The third-order valence-electron chi connectivity index (χ3n) is 6.54. The third kappa shape index (κ3) is 3.99. The van der Waals surface area contributed by atoms with E-state index in [0.29, 0.717) is 11.3 Å². The molecule has 0 radical (unpaired) electrons. The highest BCUT2D eigenvalue weighted by Crippen LogP contribution is 2.30. The number of carbonyl (C=O) groups excluding carboxylic acids is 2. The van der Waals surface area contributed by atoms with Gasteiger partial charge in [-0.25, -0.2) is 9.50 Å². The Morgan fingerprint density at radius 1 is 1.09 bits per heavy atom. The highest BCUT2D eigenvalue weighted by atomic mass is 16.2. The summed E-state index contributed by atoms with van der Waals surface area (Å²) < 4.78 is 1.83. The molecule has 1 unspecified atom stereocenters. The minimum atomic E-state index is 0.00732. The number of aromatic nitrogens is 3. The number of hydrogen-bond acceptors (Lipinski definition) is 4. The third-order valence-corrected chi connectivity index (χ3v) is 6.54. The van der Waals surface area contributed by atoms with Crippen LogP contribution in [0.1, 0.15) is 62.1 Å². The Morgan fingerprint density at radius 2 is 1.88 bits per heavy atom. The van der Waals surface area contributed by atoms with Crippen LogP contribution in [0.15, 0.2) is 36.4 Å². The molecule has 0 bridgehead atoms. The van der Waals surface area contributed by atoms with E-state index in [1.807, 2.05) is 45.8 Å². The van der Waals surface area contributed by atoms with Crippen LogP contribution < -0.4 is 5.32 Å². The second-order valence-corrected chi connectivity index (χ2v) is 8.97. The van der Waals surface area contributed by atoms with Gasteiger partial charge in [-0.3, -0.25) is 9.59 Å². The van der Waals surface area contributed by atoms with Gasteiger partial charge >= 0.3 is 0 Å². The summed E-state index contributed by atoms with van der Waals surface area (Å²) in [4.78, 5) is 31.8. The monoisotopic (exact) mass is 431 g/mol. The highest BCUT2D eigenvalue weighted by molar-refractivity contribution is 5.94. The summed E-state index contributed by atoms with van der Waals surface area (Å²) in [5, 5.41) is 7.72. The van der Waals surface area contributed by atoms with E-state index in [1.165, 1.54) is 6.42 Å². The van der Waals surface area contributed by atoms with Crippen LogP contribution in [0.2, 0.25) is 0 Å². The van der Waals surface area contributed by atoms with Crippen LogP contribution in [-0.2, 0) is 11.2 Å². The average Bonchev–Trinajstić information content (AvgIpc) is 3.57. The summed E-state index contributed by atoms with van der Waals surface area (Å²) in [5.74, 6) is 0.284. The molecule has 2 fully saturated rings. The first-order valence-corrected chi connectivity index (χ1v) is 11.7. The van der Waals surface area contributed by atoms with E-state index in [-0.39, 0.29) is 23.8 Å². The maximum atomic E-state index is 13.2. The predicted octanol–water partition coefficient (Wildman–Crippen LogP) is 4.32. The van der Waals surface area contributed by atoms with Crippen molar-refractivity contribution < 1.29 is 9.59 Å². The molecule has 1 aliphatic carbocycles. The molecule has 2 aliphatic rings. The van der Waals surface area contributed by atoms with Crippen LogP contribution in [0.25, 0.3) is 16.9 Å². The van der Waals surface area contributed by atoms with Crippen LogP contribution in [0.5, 0.6) is 0 Å². The molecule has 5 rings (SSSR count). The number of benzene rings is 1. The summed E-state index contributed by atoms with van der Waals surface area (Å²) in [6.45, 7) is 4.97. The molecule has 1 N–H and O–H groups in total. The number of rotatable bonds is 5. The van der Waals surface area contributed by atoms with Gasteiger partial charge in [-0.1, -0.05) is 19.1 Å². The van der Waals surface area contributed by atoms with Crippen LogP contribution in [0.3, 0.4) is 0 Å². The van der Waals surface area contributed by atoms with Gasteiger partial charge < -0.3 is 10.2 Å². The Morgan fingerprint density at radius 3 is 2.56 bits per heavy atom. The van der Waals surface area contributed by atoms with Crippen LogP contribution >= 0.6 is 0 Å². The number of nitrogens with one attached hydrogen (secondary N) is 1. The van der Waals surface area contributed by atoms with Crippen molar-refractivity contribution in [1.29, 1.82) is 0 Å². The summed E-state index contributed by atoms with van der Waals surface area (Å²) in [7, 11) is 0. The Labute approximate surface area is 187 Å². The number of nitrogens with zero attached hydrogens (tertiary/aromatic N) is 4. The Hall–Kier alpha value is -3.22. The first-order valence-electron chi connectivity index (χ1n) is 11.7. The molecular weight excluding hydrogens is 402 g/mol. The smallest absolute Gasteiger partial charge is 0.272 e. The molecule has 1 atom stereocenters. The molecule has 1 aromatic carbocycles. The Kier molecular flexibility index (Phi) is 5.41. The standard InChI is InChI=1S/C25H29N5O2/c1-3-20-14-22(25(32)29-13-5-4-6-16(29)2)27-23-15-21(28-30(20)23)17-9-11-19(12-10-17)26-24(31)18-7-8-18/h9-12,14-16,18H,3-8,13H2,1-2H3,(H,26,31). The molecule has 0 spiro atoms. The van der Waals surface area contributed by atoms with Gasteiger partial charge in [0.1, 0.15) is 5.69 Å². The molecule has 1 saturated carbocycles. The first kappa shape index (κ1) is 20.7. The quantitative estimate of drug-likeness (QED) is 0.652. The van der Waals surface area contributed by atoms with E-state index in [9.17, 15) is 9.59 Å². The maximum Gasteiger partial charge on any atom is 0.272 e.